The molecule has 3 aromatic rings. The van der Waals surface area contributed by atoms with Gasteiger partial charge >= 0.3 is 6.03 Å². The van der Waals surface area contributed by atoms with E-state index in [1.54, 1.807) is 48.5 Å². The highest BCUT2D eigenvalue weighted by Gasteiger charge is 2.23. The van der Waals surface area contributed by atoms with Crippen LogP contribution in [-0.4, -0.2) is 31.0 Å². The van der Waals surface area contributed by atoms with Gasteiger partial charge in [-0.05, 0) is 54.1 Å². The Morgan fingerprint density at radius 1 is 0.909 bits per heavy atom. The van der Waals surface area contributed by atoms with E-state index in [0.717, 1.165) is 12.2 Å². The summed E-state index contributed by atoms with van der Waals surface area (Å²) in [5.41, 5.74) is 8.60. The number of anilines is 3. The van der Waals surface area contributed by atoms with Crippen molar-refractivity contribution < 1.29 is 9.59 Å². The summed E-state index contributed by atoms with van der Waals surface area (Å²) in [6.45, 7) is 1.38. The van der Waals surface area contributed by atoms with Crippen LogP contribution in [0.3, 0.4) is 0 Å². The van der Waals surface area contributed by atoms with Crippen molar-refractivity contribution >= 4 is 46.6 Å². The van der Waals surface area contributed by atoms with Crippen LogP contribution in [0.5, 0.6) is 0 Å². The number of urea groups is 1. The summed E-state index contributed by atoms with van der Waals surface area (Å²) >= 11 is 5.89. The van der Waals surface area contributed by atoms with Gasteiger partial charge in [-0.1, -0.05) is 41.9 Å². The first-order valence-corrected chi connectivity index (χ1v) is 10.7. The molecule has 0 spiro atoms. The van der Waals surface area contributed by atoms with Crippen LogP contribution in [0.4, 0.5) is 21.9 Å². The fourth-order valence-corrected chi connectivity index (χ4v) is 3.57. The molecule has 1 aliphatic heterocycles. The molecule has 4 rings (SSSR count). The first kappa shape index (κ1) is 22.2. The first-order valence-electron chi connectivity index (χ1n) is 10.4. The molecule has 0 aliphatic carbocycles. The number of nitrogens with one attached hydrogen (secondary N) is 3. The van der Waals surface area contributed by atoms with Gasteiger partial charge in [0.15, 0.2) is 5.96 Å². The maximum absolute atomic E-state index is 13.1. The summed E-state index contributed by atoms with van der Waals surface area (Å²) < 4.78 is 0. The fourth-order valence-electron chi connectivity index (χ4n) is 3.44. The molecule has 33 heavy (non-hydrogen) atoms. The Labute approximate surface area is 196 Å². The SMILES string of the molecule is NC1=NCCN1c1ccc(NC(=O)C(NC(=O)Nc2ccc(Cl)cc2)c2ccccc2)cc1. The number of halogens is 1. The Kier molecular flexibility index (Phi) is 6.75. The molecule has 0 bridgehead atoms. The van der Waals surface area contributed by atoms with Crippen LogP contribution in [0.2, 0.25) is 5.02 Å². The number of hydrogen-bond acceptors (Lipinski definition) is 5. The van der Waals surface area contributed by atoms with Crippen LogP contribution in [0.25, 0.3) is 0 Å². The van der Waals surface area contributed by atoms with Gasteiger partial charge in [-0.15, -0.1) is 0 Å². The molecule has 0 fully saturated rings. The zero-order valence-electron chi connectivity index (χ0n) is 17.7. The van der Waals surface area contributed by atoms with Gasteiger partial charge in [0, 0.05) is 28.6 Å². The molecule has 1 atom stereocenters. The van der Waals surface area contributed by atoms with Gasteiger partial charge in [0.05, 0.1) is 6.54 Å². The Hall–Kier alpha value is -4.04. The van der Waals surface area contributed by atoms with Crippen molar-refractivity contribution in [2.45, 2.75) is 6.04 Å². The molecule has 1 unspecified atom stereocenters. The van der Waals surface area contributed by atoms with Gasteiger partial charge < -0.3 is 26.6 Å². The number of carbonyl (C=O) groups excluding carboxylic acids is 2. The molecule has 5 N–H and O–H groups in total. The van der Waals surface area contributed by atoms with Gasteiger partial charge in [0.2, 0.25) is 0 Å². The third-order valence-electron chi connectivity index (χ3n) is 5.09. The minimum Gasteiger partial charge on any atom is -0.370 e. The number of nitrogens with zero attached hydrogens (tertiary/aromatic N) is 2. The third-order valence-corrected chi connectivity index (χ3v) is 5.35. The van der Waals surface area contributed by atoms with Gasteiger partial charge in [0.1, 0.15) is 6.04 Å². The van der Waals surface area contributed by atoms with E-state index in [1.807, 2.05) is 35.2 Å². The van der Waals surface area contributed by atoms with E-state index in [-0.39, 0.29) is 5.91 Å². The smallest absolute Gasteiger partial charge is 0.320 e. The molecular formula is C24H23ClN6O2. The Morgan fingerprint density at radius 2 is 1.55 bits per heavy atom. The highest BCUT2D eigenvalue weighted by Crippen LogP contribution is 2.22. The molecule has 0 saturated carbocycles. The molecule has 1 aliphatic rings. The fraction of sp³-hybridized carbons (Fsp3) is 0.125. The van der Waals surface area contributed by atoms with E-state index in [1.165, 1.54) is 0 Å². The first-order chi connectivity index (χ1) is 16.0. The van der Waals surface area contributed by atoms with E-state index in [0.29, 0.717) is 34.5 Å². The molecule has 9 heteroatoms. The number of amides is 3. The minimum atomic E-state index is -0.903. The maximum atomic E-state index is 13.1. The van der Waals surface area contributed by atoms with Crippen molar-refractivity contribution in [1.29, 1.82) is 0 Å². The largest absolute Gasteiger partial charge is 0.370 e. The van der Waals surface area contributed by atoms with Crippen LogP contribution in [0, 0.1) is 0 Å². The van der Waals surface area contributed by atoms with Crippen molar-refractivity contribution in [3.8, 4) is 0 Å². The van der Waals surface area contributed by atoms with E-state index in [9.17, 15) is 9.59 Å². The number of aliphatic imine (C=N–C) groups is 1. The predicted molar refractivity (Wildman–Crippen MR) is 132 cm³/mol. The van der Waals surface area contributed by atoms with Gasteiger partial charge in [0.25, 0.3) is 5.91 Å². The molecule has 3 aromatic carbocycles. The zero-order chi connectivity index (χ0) is 23.2. The molecular weight excluding hydrogens is 440 g/mol. The van der Waals surface area contributed by atoms with Crippen molar-refractivity contribution in [2.75, 3.05) is 28.6 Å². The second kappa shape index (κ2) is 10.1. The summed E-state index contributed by atoms with van der Waals surface area (Å²) in [5, 5.41) is 8.89. The van der Waals surface area contributed by atoms with Crippen LogP contribution in [-0.2, 0) is 4.79 Å². The van der Waals surface area contributed by atoms with Crippen LogP contribution in [0.1, 0.15) is 11.6 Å². The number of hydrogen-bond donors (Lipinski definition) is 4. The van der Waals surface area contributed by atoms with Crippen molar-refractivity contribution in [2.24, 2.45) is 10.7 Å². The second-order valence-corrected chi connectivity index (χ2v) is 7.81. The standard InChI is InChI=1S/C24H23ClN6O2/c25-17-6-8-19(9-7-17)29-24(33)30-21(16-4-2-1-3-5-16)22(32)28-18-10-12-20(13-11-18)31-15-14-27-23(31)26/h1-13,21H,14-15H2,(H2,26,27)(H,28,32)(H2,29,30,33). The average molecular weight is 463 g/mol. The summed E-state index contributed by atoms with van der Waals surface area (Å²) in [6, 6.07) is 21.6. The lowest BCUT2D eigenvalue weighted by Crippen LogP contribution is -2.39. The molecule has 0 radical (unpaired) electrons. The lowest BCUT2D eigenvalue weighted by Gasteiger charge is -2.20. The quantitative estimate of drug-likeness (QED) is 0.444. The van der Waals surface area contributed by atoms with E-state index < -0.39 is 12.1 Å². The van der Waals surface area contributed by atoms with Crippen LogP contribution in [0.15, 0.2) is 83.9 Å². The normalized spacial score (nSPS) is 13.7. The number of nitrogens with two attached hydrogens (primary N) is 1. The molecule has 8 nitrogen and oxygen atoms in total. The van der Waals surface area contributed by atoms with Crippen molar-refractivity contribution in [3.63, 3.8) is 0 Å². The Morgan fingerprint density at radius 3 is 2.18 bits per heavy atom. The zero-order valence-corrected chi connectivity index (χ0v) is 18.4. The van der Waals surface area contributed by atoms with E-state index in [4.69, 9.17) is 17.3 Å². The lowest BCUT2D eigenvalue weighted by molar-refractivity contribution is -0.118. The molecule has 168 valence electrons. The number of benzene rings is 3. The molecule has 0 saturated heterocycles. The second-order valence-electron chi connectivity index (χ2n) is 7.38. The summed E-state index contributed by atoms with van der Waals surface area (Å²) in [4.78, 5) is 31.8. The molecule has 3 amide bonds. The van der Waals surface area contributed by atoms with Gasteiger partial charge in [-0.25, -0.2) is 4.79 Å². The van der Waals surface area contributed by atoms with Gasteiger partial charge in [-0.2, -0.15) is 0 Å². The third kappa shape index (κ3) is 5.61. The van der Waals surface area contributed by atoms with Crippen LogP contribution < -0.4 is 26.6 Å². The van der Waals surface area contributed by atoms with E-state index >= 15 is 0 Å². The maximum Gasteiger partial charge on any atom is 0.320 e. The topological polar surface area (TPSA) is 112 Å². The predicted octanol–water partition coefficient (Wildman–Crippen LogP) is 3.98. The highest BCUT2D eigenvalue weighted by molar-refractivity contribution is 6.30. The number of rotatable bonds is 6. The molecule has 0 aromatic heterocycles. The Balaban J connectivity index is 1.46. The van der Waals surface area contributed by atoms with Crippen molar-refractivity contribution in [3.05, 3.63) is 89.4 Å². The summed E-state index contributed by atoms with van der Waals surface area (Å²) in [5.74, 6) is 0.106. The number of guanidine groups is 1. The summed E-state index contributed by atoms with van der Waals surface area (Å²) in [6.07, 6.45) is 0. The number of carbonyl (C=O) groups is 2. The van der Waals surface area contributed by atoms with Gasteiger partial charge in [-0.3, -0.25) is 9.79 Å². The summed E-state index contributed by atoms with van der Waals surface area (Å²) in [7, 11) is 0. The van der Waals surface area contributed by atoms with Crippen molar-refractivity contribution in [1.82, 2.24) is 5.32 Å². The molecule has 1 heterocycles. The van der Waals surface area contributed by atoms with E-state index in [2.05, 4.69) is 20.9 Å². The average Bonchev–Trinajstić information content (AvgIpc) is 3.26. The van der Waals surface area contributed by atoms with Crippen LogP contribution >= 0.6 is 11.6 Å². The minimum absolute atomic E-state index is 0.373. The lowest BCUT2D eigenvalue weighted by atomic mass is 10.1. The highest BCUT2D eigenvalue weighted by atomic mass is 35.5. The monoisotopic (exact) mass is 462 g/mol. The Bertz CT molecular complexity index is 1150.